The minimum Gasteiger partial charge on any atom is -0.478 e. The van der Waals surface area contributed by atoms with E-state index >= 15 is 0 Å². The van der Waals surface area contributed by atoms with Crippen LogP contribution in [-0.2, 0) is 0 Å². The molecule has 13 heavy (non-hydrogen) atoms. The van der Waals surface area contributed by atoms with Gasteiger partial charge in [0, 0.05) is 0 Å². The van der Waals surface area contributed by atoms with E-state index in [1.807, 2.05) is 0 Å². The SMILES string of the molecule is Nc1c(C(=O)O)c2ccc1c(=O)[nH]2. The number of benzene rings is 1. The summed E-state index contributed by atoms with van der Waals surface area (Å²) in [5.41, 5.74) is 5.40. The monoisotopic (exact) mass is 178 g/mol. The molecule has 0 aliphatic rings. The zero-order chi connectivity index (χ0) is 9.59. The summed E-state index contributed by atoms with van der Waals surface area (Å²) in [5.74, 6) is -1.13. The molecule has 5 heteroatoms. The number of hydrogen-bond donors (Lipinski definition) is 3. The van der Waals surface area contributed by atoms with Gasteiger partial charge in [0.05, 0.1) is 16.6 Å². The van der Waals surface area contributed by atoms with Crippen molar-refractivity contribution in [2.75, 3.05) is 5.73 Å². The summed E-state index contributed by atoms with van der Waals surface area (Å²) in [7, 11) is 0. The van der Waals surface area contributed by atoms with E-state index in [0.717, 1.165) is 0 Å². The van der Waals surface area contributed by atoms with Gasteiger partial charge in [-0.3, -0.25) is 4.79 Å². The van der Waals surface area contributed by atoms with Crippen LogP contribution in [0.1, 0.15) is 10.4 Å². The molecule has 0 aliphatic carbocycles. The van der Waals surface area contributed by atoms with Gasteiger partial charge in [0.1, 0.15) is 5.56 Å². The molecule has 2 aromatic heterocycles. The number of aromatic carboxylic acids is 1. The molecule has 2 bridgehead atoms. The Morgan fingerprint density at radius 1 is 1.46 bits per heavy atom. The minimum absolute atomic E-state index is 0.0305. The Balaban J connectivity index is 2.98. The number of nitrogen functional groups attached to an aromatic ring is 1. The summed E-state index contributed by atoms with van der Waals surface area (Å²) in [6.07, 6.45) is 0. The Hall–Kier alpha value is -2.04. The molecule has 0 saturated carbocycles. The maximum absolute atomic E-state index is 11.1. The molecule has 3 aromatic rings. The van der Waals surface area contributed by atoms with Crippen LogP contribution in [0.2, 0.25) is 0 Å². The number of aromatic amines is 1. The van der Waals surface area contributed by atoms with Crippen LogP contribution in [0.15, 0.2) is 16.9 Å². The second-order valence-electron chi connectivity index (χ2n) is 2.71. The number of carboxylic acids is 1. The second kappa shape index (κ2) is 2.22. The van der Waals surface area contributed by atoms with Crippen LogP contribution in [0, 0.1) is 0 Å². The summed E-state index contributed by atoms with van der Waals surface area (Å²) in [6, 6.07) is 3.03. The van der Waals surface area contributed by atoms with Gasteiger partial charge in [-0.15, -0.1) is 0 Å². The number of anilines is 1. The van der Waals surface area contributed by atoms with Crippen LogP contribution in [0.5, 0.6) is 0 Å². The van der Waals surface area contributed by atoms with Crippen LogP contribution in [-0.4, -0.2) is 16.1 Å². The first-order valence-electron chi connectivity index (χ1n) is 3.58. The molecule has 0 spiro atoms. The Labute approximate surface area is 72.1 Å². The van der Waals surface area contributed by atoms with Gasteiger partial charge < -0.3 is 15.8 Å². The highest BCUT2D eigenvalue weighted by Crippen LogP contribution is 2.21. The van der Waals surface area contributed by atoms with Gasteiger partial charge >= 0.3 is 5.97 Å². The van der Waals surface area contributed by atoms with Gasteiger partial charge in [-0.1, -0.05) is 0 Å². The van der Waals surface area contributed by atoms with Gasteiger partial charge in [-0.2, -0.15) is 0 Å². The third-order valence-corrected chi connectivity index (χ3v) is 1.95. The number of nitrogens with two attached hydrogens (primary N) is 1. The van der Waals surface area contributed by atoms with Crippen molar-refractivity contribution in [2.45, 2.75) is 0 Å². The minimum atomic E-state index is -1.13. The van der Waals surface area contributed by atoms with Gasteiger partial charge in [0.15, 0.2) is 0 Å². The maximum Gasteiger partial charge on any atom is 0.339 e. The molecule has 0 saturated heterocycles. The lowest BCUT2D eigenvalue weighted by Crippen LogP contribution is -2.16. The predicted octanol–water partition coefficient (Wildman–Crippen LogP) is 0.246. The van der Waals surface area contributed by atoms with Gasteiger partial charge in [0.25, 0.3) is 5.56 Å². The Morgan fingerprint density at radius 2 is 2.15 bits per heavy atom. The first-order chi connectivity index (χ1) is 6.11. The van der Waals surface area contributed by atoms with Crippen molar-refractivity contribution in [1.82, 2.24) is 4.98 Å². The third-order valence-electron chi connectivity index (χ3n) is 1.95. The molecule has 0 amide bonds. The van der Waals surface area contributed by atoms with E-state index in [1.165, 1.54) is 12.1 Å². The molecule has 4 N–H and O–H groups in total. The standard InChI is InChI=1S/C8H6N2O3/c9-6-3-1-2-4(10-7(3)11)5(6)8(12)13/h1-2H,(H,12,13)(H3,9,10,11). The third kappa shape index (κ3) is 0.868. The Bertz CT molecular complexity index is 529. The normalized spacial score (nSPS) is 10.8. The van der Waals surface area contributed by atoms with Crippen LogP contribution < -0.4 is 11.3 Å². The Kier molecular flexibility index (Phi) is 1.30. The first kappa shape index (κ1) is 7.60. The lowest BCUT2D eigenvalue weighted by Gasteiger charge is -2.06. The van der Waals surface area contributed by atoms with Gasteiger partial charge in [-0.05, 0) is 12.1 Å². The maximum atomic E-state index is 11.1. The van der Waals surface area contributed by atoms with E-state index in [4.69, 9.17) is 10.8 Å². The van der Waals surface area contributed by atoms with Gasteiger partial charge in [0.2, 0.25) is 0 Å². The van der Waals surface area contributed by atoms with Crippen molar-refractivity contribution in [3.63, 3.8) is 0 Å². The zero-order valence-electron chi connectivity index (χ0n) is 6.50. The van der Waals surface area contributed by atoms with Crippen molar-refractivity contribution in [3.05, 3.63) is 28.0 Å². The highest BCUT2D eigenvalue weighted by molar-refractivity contribution is 6.06. The lowest BCUT2D eigenvalue weighted by atomic mass is 10.1. The number of carbonyl (C=O) groups is 1. The van der Waals surface area contributed by atoms with Crippen LogP contribution in [0.25, 0.3) is 10.9 Å². The fourth-order valence-corrected chi connectivity index (χ4v) is 1.34. The largest absolute Gasteiger partial charge is 0.478 e. The summed E-state index contributed by atoms with van der Waals surface area (Å²) in [5, 5.41) is 8.97. The lowest BCUT2D eigenvalue weighted by molar-refractivity contribution is 0.0700. The van der Waals surface area contributed by atoms with Gasteiger partial charge in [-0.25, -0.2) is 4.79 Å². The molecule has 2 heterocycles. The van der Waals surface area contributed by atoms with Crippen molar-refractivity contribution in [2.24, 2.45) is 0 Å². The molecular formula is C8H6N2O3. The number of carboxylic acid groups (broad SMARTS) is 1. The van der Waals surface area contributed by atoms with Crippen LogP contribution >= 0.6 is 0 Å². The number of pyridine rings is 2. The smallest absolute Gasteiger partial charge is 0.339 e. The topological polar surface area (TPSA) is 96.2 Å². The molecule has 0 fully saturated rings. The number of rotatable bonds is 1. The molecule has 3 rings (SSSR count). The van der Waals surface area contributed by atoms with E-state index in [0.29, 0.717) is 0 Å². The predicted molar refractivity (Wildman–Crippen MR) is 47.1 cm³/mol. The summed E-state index contributed by atoms with van der Waals surface area (Å²) >= 11 is 0. The number of hydrogen-bond acceptors (Lipinski definition) is 3. The van der Waals surface area contributed by atoms with E-state index in [2.05, 4.69) is 4.98 Å². The molecule has 0 unspecified atom stereocenters. The number of nitrogens with one attached hydrogen (secondary N) is 1. The molecule has 0 radical (unpaired) electrons. The van der Waals surface area contributed by atoms with Crippen LogP contribution in [0.4, 0.5) is 5.69 Å². The summed E-state index contributed by atoms with van der Waals surface area (Å²) in [6.45, 7) is 0. The summed E-state index contributed by atoms with van der Waals surface area (Å²) < 4.78 is 0. The molecular weight excluding hydrogens is 172 g/mol. The van der Waals surface area contributed by atoms with Crippen molar-refractivity contribution in [1.29, 1.82) is 0 Å². The van der Waals surface area contributed by atoms with E-state index in [9.17, 15) is 9.59 Å². The fraction of sp³-hybridized carbons (Fsp3) is 0. The van der Waals surface area contributed by atoms with Crippen molar-refractivity contribution >= 4 is 22.6 Å². The van der Waals surface area contributed by atoms with Crippen LogP contribution in [0.3, 0.4) is 0 Å². The van der Waals surface area contributed by atoms with E-state index in [1.54, 1.807) is 0 Å². The van der Waals surface area contributed by atoms with Crippen molar-refractivity contribution < 1.29 is 9.90 Å². The highest BCUT2D eigenvalue weighted by atomic mass is 16.4. The molecule has 0 aliphatic heterocycles. The van der Waals surface area contributed by atoms with E-state index in [-0.39, 0.29) is 27.7 Å². The molecule has 66 valence electrons. The second-order valence-corrected chi connectivity index (χ2v) is 2.71. The fourth-order valence-electron chi connectivity index (χ4n) is 1.34. The highest BCUT2D eigenvalue weighted by Gasteiger charge is 2.16. The number of aromatic nitrogens is 1. The zero-order valence-corrected chi connectivity index (χ0v) is 6.50. The molecule has 0 atom stereocenters. The average Bonchev–Trinajstić information content (AvgIpc) is 2.03. The molecule has 5 nitrogen and oxygen atoms in total. The quantitative estimate of drug-likeness (QED) is 0.545. The first-order valence-corrected chi connectivity index (χ1v) is 3.58. The number of fused-ring (bicyclic) bond motifs is 3. The Morgan fingerprint density at radius 3 is 2.62 bits per heavy atom. The average molecular weight is 178 g/mol. The summed E-state index contributed by atoms with van der Waals surface area (Å²) in [4.78, 5) is 24.2. The number of H-pyrrole nitrogens is 1. The molecule has 1 aromatic carbocycles. The van der Waals surface area contributed by atoms with Crippen molar-refractivity contribution in [3.8, 4) is 0 Å². The van der Waals surface area contributed by atoms with E-state index < -0.39 is 5.97 Å².